The zero-order valence-electron chi connectivity index (χ0n) is 8.69. The predicted molar refractivity (Wildman–Crippen MR) is 56.8 cm³/mol. The van der Waals surface area contributed by atoms with E-state index in [-0.39, 0.29) is 6.42 Å². The Morgan fingerprint density at radius 1 is 1.60 bits per heavy atom. The first-order chi connectivity index (χ1) is 7.11. The molecule has 2 aromatic rings. The molecule has 1 N–H and O–H groups in total. The van der Waals surface area contributed by atoms with E-state index in [9.17, 15) is 4.79 Å². The summed E-state index contributed by atoms with van der Waals surface area (Å²) in [5, 5.41) is 9.76. The van der Waals surface area contributed by atoms with Crippen LogP contribution in [-0.4, -0.2) is 20.6 Å². The van der Waals surface area contributed by atoms with Gasteiger partial charge in [0.05, 0.1) is 6.42 Å². The van der Waals surface area contributed by atoms with Gasteiger partial charge in [-0.25, -0.2) is 4.98 Å². The fourth-order valence-corrected chi connectivity index (χ4v) is 1.83. The summed E-state index contributed by atoms with van der Waals surface area (Å²) in [7, 11) is 1.90. The van der Waals surface area contributed by atoms with Crippen LogP contribution < -0.4 is 0 Å². The smallest absolute Gasteiger partial charge is 0.307 e. The van der Waals surface area contributed by atoms with Gasteiger partial charge in [0.1, 0.15) is 5.65 Å². The van der Waals surface area contributed by atoms with Crippen LogP contribution in [0.1, 0.15) is 11.3 Å². The molecule has 78 valence electrons. The number of pyridine rings is 1. The van der Waals surface area contributed by atoms with E-state index in [0.29, 0.717) is 0 Å². The Hall–Kier alpha value is -1.84. The second-order valence-electron chi connectivity index (χ2n) is 3.57. The third kappa shape index (κ3) is 1.48. The molecule has 0 fully saturated rings. The predicted octanol–water partition coefficient (Wildman–Crippen LogP) is 1.51. The van der Waals surface area contributed by atoms with Crippen LogP contribution in [0.4, 0.5) is 0 Å². The van der Waals surface area contributed by atoms with E-state index in [1.807, 2.05) is 30.7 Å². The summed E-state index contributed by atoms with van der Waals surface area (Å²) in [4.78, 5) is 15.0. The molecule has 0 spiro atoms. The van der Waals surface area contributed by atoms with Crippen molar-refractivity contribution in [3.05, 3.63) is 29.6 Å². The summed E-state index contributed by atoms with van der Waals surface area (Å²) in [6.45, 7) is 1.92. The van der Waals surface area contributed by atoms with Crippen molar-refractivity contribution in [3.63, 3.8) is 0 Å². The van der Waals surface area contributed by atoms with Crippen LogP contribution in [0.5, 0.6) is 0 Å². The van der Waals surface area contributed by atoms with Crippen molar-refractivity contribution < 1.29 is 9.90 Å². The quantitative estimate of drug-likeness (QED) is 0.806. The van der Waals surface area contributed by atoms with E-state index in [1.54, 1.807) is 6.20 Å². The second-order valence-corrected chi connectivity index (χ2v) is 3.57. The van der Waals surface area contributed by atoms with Gasteiger partial charge >= 0.3 is 5.97 Å². The first-order valence-electron chi connectivity index (χ1n) is 4.72. The van der Waals surface area contributed by atoms with Crippen LogP contribution >= 0.6 is 0 Å². The first kappa shape index (κ1) is 9.71. The number of rotatable bonds is 2. The van der Waals surface area contributed by atoms with Crippen LogP contribution in [0.15, 0.2) is 18.3 Å². The lowest BCUT2D eigenvalue weighted by atomic mass is 10.1. The van der Waals surface area contributed by atoms with Crippen LogP contribution in [0.2, 0.25) is 0 Å². The highest BCUT2D eigenvalue weighted by atomic mass is 16.4. The molecule has 0 aliphatic heterocycles. The van der Waals surface area contributed by atoms with Crippen LogP contribution in [0.3, 0.4) is 0 Å². The SMILES string of the molecule is Cc1c(CC(=O)O)c2cccnc2n1C. The Kier molecular flexibility index (Phi) is 2.19. The lowest BCUT2D eigenvalue weighted by molar-refractivity contribution is -0.136. The van der Waals surface area contributed by atoms with Crippen molar-refractivity contribution in [3.8, 4) is 0 Å². The average Bonchev–Trinajstić information content (AvgIpc) is 2.44. The average molecular weight is 204 g/mol. The number of aromatic nitrogens is 2. The molecule has 0 atom stereocenters. The Morgan fingerprint density at radius 3 is 3.00 bits per heavy atom. The molecule has 0 aliphatic rings. The molecular formula is C11H12N2O2. The van der Waals surface area contributed by atoms with Gasteiger partial charge in [-0.1, -0.05) is 0 Å². The molecule has 4 heteroatoms. The molecule has 2 aromatic heterocycles. The highest BCUT2D eigenvalue weighted by molar-refractivity contribution is 5.86. The van der Waals surface area contributed by atoms with E-state index in [4.69, 9.17) is 5.11 Å². The van der Waals surface area contributed by atoms with Gasteiger partial charge in [0.15, 0.2) is 0 Å². The number of nitrogens with zero attached hydrogens (tertiary/aromatic N) is 2. The molecule has 0 unspecified atom stereocenters. The minimum Gasteiger partial charge on any atom is -0.481 e. The lowest BCUT2D eigenvalue weighted by Crippen LogP contribution is -2.01. The van der Waals surface area contributed by atoms with E-state index in [0.717, 1.165) is 22.3 Å². The zero-order valence-corrected chi connectivity index (χ0v) is 8.69. The highest BCUT2D eigenvalue weighted by Crippen LogP contribution is 2.23. The number of hydrogen-bond acceptors (Lipinski definition) is 2. The molecular weight excluding hydrogens is 192 g/mol. The van der Waals surface area contributed by atoms with Crippen LogP contribution in [0.25, 0.3) is 11.0 Å². The number of hydrogen-bond donors (Lipinski definition) is 1. The Morgan fingerprint density at radius 2 is 2.33 bits per heavy atom. The fourth-order valence-electron chi connectivity index (χ4n) is 1.83. The minimum atomic E-state index is -0.811. The van der Waals surface area contributed by atoms with Gasteiger partial charge in [0.2, 0.25) is 0 Å². The first-order valence-corrected chi connectivity index (χ1v) is 4.72. The number of aliphatic carboxylic acids is 1. The zero-order chi connectivity index (χ0) is 11.0. The largest absolute Gasteiger partial charge is 0.481 e. The molecule has 0 amide bonds. The highest BCUT2D eigenvalue weighted by Gasteiger charge is 2.14. The summed E-state index contributed by atoms with van der Waals surface area (Å²) in [5.74, 6) is -0.811. The van der Waals surface area contributed by atoms with Crippen molar-refractivity contribution in [2.24, 2.45) is 7.05 Å². The summed E-state index contributed by atoms with van der Waals surface area (Å²) in [5.41, 5.74) is 2.66. The topological polar surface area (TPSA) is 55.1 Å². The Bertz CT molecular complexity index is 529. The number of carboxylic acids is 1. The lowest BCUT2D eigenvalue weighted by Gasteiger charge is -1.98. The minimum absolute atomic E-state index is 0.0505. The summed E-state index contributed by atoms with van der Waals surface area (Å²) in [6.07, 6.45) is 1.77. The van der Waals surface area contributed by atoms with Gasteiger partial charge in [0.25, 0.3) is 0 Å². The van der Waals surface area contributed by atoms with E-state index >= 15 is 0 Å². The summed E-state index contributed by atoms with van der Waals surface area (Å²) < 4.78 is 1.92. The maximum Gasteiger partial charge on any atom is 0.307 e. The molecule has 0 saturated heterocycles. The monoisotopic (exact) mass is 204 g/mol. The summed E-state index contributed by atoms with van der Waals surface area (Å²) in [6, 6.07) is 3.74. The van der Waals surface area contributed by atoms with Crippen LogP contribution in [-0.2, 0) is 18.3 Å². The van der Waals surface area contributed by atoms with Crippen molar-refractivity contribution in [2.75, 3.05) is 0 Å². The Labute approximate surface area is 87.2 Å². The van der Waals surface area contributed by atoms with Gasteiger partial charge < -0.3 is 9.67 Å². The molecule has 15 heavy (non-hydrogen) atoms. The van der Waals surface area contributed by atoms with Crippen molar-refractivity contribution in [1.82, 2.24) is 9.55 Å². The van der Waals surface area contributed by atoms with Gasteiger partial charge in [-0.2, -0.15) is 0 Å². The van der Waals surface area contributed by atoms with Gasteiger partial charge in [0, 0.05) is 24.3 Å². The number of aryl methyl sites for hydroxylation is 1. The maximum atomic E-state index is 10.7. The molecule has 2 rings (SSSR count). The summed E-state index contributed by atoms with van der Waals surface area (Å²) >= 11 is 0. The fraction of sp³-hybridized carbons (Fsp3) is 0.273. The normalized spacial score (nSPS) is 10.8. The van der Waals surface area contributed by atoms with E-state index < -0.39 is 5.97 Å². The standard InChI is InChI=1S/C11H12N2O2/c1-7-9(6-10(14)15)8-4-3-5-12-11(8)13(7)2/h3-5H,6H2,1-2H3,(H,14,15). The van der Waals surface area contributed by atoms with Crippen molar-refractivity contribution in [2.45, 2.75) is 13.3 Å². The maximum absolute atomic E-state index is 10.7. The van der Waals surface area contributed by atoms with E-state index in [1.165, 1.54) is 0 Å². The molecule has 0 aliphatic carbocycles. The molecule has 2 heterocycles. The number of carbonyl (C=O) groups is 1. The van der Waals surface area contributed by atoms with Gasteiger partial charge in [-0.3, -0.25) is 4.79 Å². The van der Waals surface area contributed by atoms with Crippen molar-refractivity contribution >= 4 is 17.0 Å². The third-order valence-corrected chi connectivity index (χ3v) is 2.70. The van der Waals surface area contributed by atoms with Crippen LogP contribution in [0, 0.1) is 6.92 Å². The molecule has 0 radical (unpaired) electrons. The molecule has 0 saturated carbocycles. The number of fused-ring (bicyclic) bond motifs is 1. The van der Waals surface area contributed by atoms with E-state index in [2.05, 4.69) is 4.98 Å². The Balaban J connectivity index is 2.72. The molecule has 0 bridgehead atoms. The third-order valence-electron chi connectivity index (χ3n) is 2.70. The van der Waals surface area contributed by atoms with Gasteiger partial charge in [-0.15, -0.1) is 0 Å². The second kappa shape index (κ2) is 3.38. The van der Waals surface area contributed by atoms with Crippen molar-refractivity contribution in [1.29, 1.82) is 0 Å². The molecule has 0 aromatic carbocycles. The van der Waals surface area contributed by atoms with Gasteiger partial charge in [-0.05, 0) is 24.6 Å². The molecule has 4 nitrogen and oxygen atoms in total. The number of carboxylic acid groups (broad SMARTS) is 1.